The lowest BCUT2D eigenvalue weighted by Crippen LogP contribution is -1.91. The molecule has 0 aliphatic carbocycles. The normalized spacial score (nSPS) is 12.8. The Bertz CT molecular complexity index is 88.2. The molecule has 0 spiro atoms. The van der Waals surface area contributed by atoms with Gasteiger partial charge < -0.3 is 0 Å². The molecule has 0 unspecified atom stereocenters. The minimum absolute atomic E-state index is 0.745. The molecule has 0 aliphatic heterocycles. The van der Waals surface area contributed by atoms with Crippen LogP contribution in [0.3, 0.4) is 0 Å². The van der Waals surface area contributed by atoms with Crippen LogP contribution in [0.1, 0.15) is 40.5 Å². The Labute approximate surface area is 59.0 Å². The number of rotatable bonds is 3. The van der Waals surface area contributed by atoms with Crippen LogP contribution in [-0.2, 0) is 0 Å². The summed E-state index contributed by atoms with van der Waals surface area (Å²) in [7, 11) is 0. The van der Waals surface area contributed by atoms with Crippen LogP contribution in [0.15, 0.2) is 11.6 Å². The van der Waals surface area contributed by atoms with Crippen LogP contribution in [-0.4, -0.2) is 0 Å². The fraction of sp³-hybridized carbons (Fsp3) is 0.778. The maximum absolute atomic E-state index is 2.34. The Kier molecular flexibility index (Phi) is 4.47. The molecule has 0 atom stereocenters. The Morgan fingerprint density at radius 1 is 1.33 bits per heavy atom. The molecule has 0 heteroatoms. The van der Waals surface area contributed by atoms with Crippen molar-refractivity contribution in [2.75, 3.05) is 0 Å². The maximum Gasteiger partial charge on any atom is -0.0260 e. The van der Waals surface area contributed by atoms with E-state index in [2.05, 4.69) is 33.8 Å². The zero-order valence-corrected chi connectivity index (χ0v) is 7.07. The summed E-state index contributed by atoms with van der Waals surface area (Å²) < 4.78 is 0. The van der Waals surface area contributed by atoms with Gasteiger partial charge >= 0.3 is 0 Å². The van der Waals surface area contributed by atoms with Crippen molar-refractivity contribution in [3.05, 3.63) is 11.6 Å². The van der Waals surface area contributed by atoms with E-state index in [0.717, 1.165) is 5.92 Å². The Morgan fingerprint density at radius 2 is 1.89 bits per heavy atom. The summed E-state index contributed by atoms with van der Waals surface area (Å²) in [6, 6.07) is 0. The third-order valence-electron chi connectivity index (χ3n) is 1.62. The molecule has 0 amide bonds. The predicted octanol–water partition coefficient (Wildman–Crippen LogP) is 3.39. The Hall–Kier alpha value is -0.260. The third kappa shape index (κ3) is 3.34. The first-order valence-electron chi connectivity index (χ1n) is 3.91. The third-order valence-corrected chi connectivity index (χ3v) is 1.62. The summed E-state index contributed by atoms with van der Waals surface area (Å²) in [6.45, 7) is 8.93. The van der Waals surface area contributed by atoms with Gasteiger partial charge in [0, 0.05) is 0 Å². The van der Waals surface area contributed by atoms with E-state index in [0.29, 0.717) is 0 Å². The molecule has 0 saturated carbocycles. The molecule has 0 aromatic carbocycles. The number of hydrogen-bond donors (Lipinski definition) is 0. The topological polar surface area (TPSA) is 0 Å². The molecule has 0 heterocycles. The number of allylic oxidation sites excluding steroid dienone is 2. The van der Waals surface area contributed by atoms with E-state index in [1.54, 1.807) is 5.57 Å². The van der Waals surface area contributed by atoms with Gasteiger partial charge in [0.2, 0.25) is 0 Å². The van der Waals surface area contributed by atoms with Gasteiger partial charge in [-0.2, -0.15) is 0 Å². The van der Waals surface area contributed by atoms with Crippen molar-refractivity contribution in [3.63, 3.8) is 0 Å². The molecule has 0 aliphatic rings. The quantitative estimate of drug-likeness (QED) is 0.508. The second-order valence-electron chi connectivity index (χ2n) is 2.70. The van der Waals surface area contributed by atoms with E-state index in [1.807, 2.05) is 0 Å². The van der Waals surface area contributed by atoms with E-state index in [9.17, 15) is 0 Å². The summed E-state index contributed by atoms with van der Waals surface area (Å²) >= 11 is 0. The van der Waals surface area contributed by atoms with Crippen molar-refractivity contribution in [2.45, 2.75) is 40.5 Å². The first-order valence-corrected chi connectivity index (χ1v) is 3.91. The molecular weight excluding hydrogens is 108 g/mol. The lowest BCUT2D eigenvalue weighted by Gasteiger charge is -2.06. The van der Waals surface area contributed by atoms with Gasteiger partial charge in [0.1, 0.15) is 0 Å². The summed E-state index contributed by atoms with van der Waals surface area (Å²) in [4.78, 5) is 0. The molecule has 0 nitrogen and oxygen atoms in total. The van der Waals surface area contributed by atoms with E-state index in [4.69, 9.17) is 0 Å². The van der Waals surface area contributed by atoms with Crippen molar-refractivity contribution in [3.8, 4) is 0 Å². The van der Waals surface area contributed by atoms with E-state index in [-0.39, 0.29) is 0 Å². The summed E-state index contributed by atoms with van der Waals surface area (Å²) in [5.41, 5.74) is 1.59. The smallest absolute Gasteiger partial charge is 0.0260 e. The minimum atomic E-state index is 0.745. The van der Waals surface area contributed by atoms with Crippen LogP contribution in [0, 0.1) is 5.92 Å². The average Bonchev–Trinajstić information content (AvgIpc) is 1.82. The van der Waals surface area contributed by atoms with Crippen LogP contribution in [0.25, 0.3) is 0 Å². The summed E-state index contributed by atoms with van der Waals surface area (Å²) in [5, 5.41) is 0. The second kappa shape index (κ2) is 4.60. The van der Waals surface area contributed by atoms with Crippen LogP contribution < -0.4 is 0 Å². The van der Waals surface area contributed by atoms with Gasteiger partial charge in [-0.15, -0.1) is 0 Å². The molecule has 0 bridgehead atoms. The molecule has 0 saturated heterocycles. The fourth-order valence-electron chi connectivity index (χ4n) is 1.05. The minimum Gasteiger partial charge on any atom is -0.0854 e. The summed E-state index contributed by atoms with van der Waals surface area (Å²) in [6.07, 6.45) is 4.73. The highest BCUT2D eigenvalue weighted by molar-refractivity contribution is 5.03. The van der Waals surface area contributed by atoms with Gasteiger partial charge in [-0.3, -0.25) is 0 Å². The van der Waals surface area contributed by atoms with Gasteiger partial charge in [-0.25, -0.2) is 0 Å². The lowest BCUT2D eigenvalue weighted by molar-refractivity contribution is 0.725. The molecule has 0 fully saturated rings. The monoisotopic (exact) mass is 126 g/mol. The highest BCUT2D eigenvalue weighted by Gasteiger charge is 1.96. The van der Waals surface area contributed by atoms with Crippen LogP contribution >= 0.6 is 0 Å². The first kappa shape index (κ1) is 8.74. The van der Waals surface area contributed by atoms with Crippen molar-refractivity contribution < 1.29 is 0 Å². The average molecular weight is 126 g/mol. The Morgan fingerprint density at radius 3 is 2.00 bits per heavy atom. The molecule has 0 radical (unpaired) electrons. The van der Waals surface area contributed by atoms with E-state index in [1.165, 1.54) is 12.8 Å². The summed E-state index contributed by atoms with van der Waals surface area (Å²) in [5.74, 6) is 0.745. The standard InChI is InChI=1S/C9H18/c1-5-7-9(6-2)8(3)4/h7-8H,5-6H2,1-4H3/b9-7+. The molecule has 0 aromatic heterocycles. The van der Waals surface area contributed by atoms with Gasteiger partial charge in [0.25, 0.3) is 0 Å². The molecule has 54 valence electrons. The van der Waals surface area contributed by atoms with Crippen LogP contribution in [0.5, 0.6) is 0 Å². The van der Waals surface area contributed by atoms with Crippen LogP contribution in [0.2, 0.25) is 0 Å². The Balaban J connectivity index is 3.81. The SMILES string of the molecule is CC/C=C(\CC)C(C)C. The molecule has 0 rings (SSSR count). The fourth-order valence-corrected chi connectivity index (χ4v) is 1.05. The second-order valence-corrected chi connectivity index (χ2v) is 2.70. The van der Waals surface area contributed by atoms with Gasteiger partial charge in [0.05, 0.1) is 0 Å². The molecule has 9 heavy (non-hydrogen) atoms. The lowest BCUT2D eigenvalue weighted by atomic mass is 10.0. The highest BCUT2D eigenvalue weighted by atomic mass is 14.0. The van der Waals surface area contributed by atoms with Gasteiger partial charge in [0.15, 0.2) is 0 Å². The predicted molar refractivity (Wildman–Crippen MR) is 43.5 cm³/mol. The van der Waals surface area contributed by atoms with Gasteiger partial charge in [-0.05, 0) is 18.8 Å². The zero-order chi connectivity index (χ0) is 7.28. The van der Waals surface area contributed by atoms with E-state index >= 15 is 0 Å². The van der Waals surface area contributed by atoms with Crippen molar-refractivity contribution in [1.29, 1.82) is 0 Å². The van der Waals surface area contributed by atoms with Crippen molar-refractivity contribution in [2.24, 2.45) is 5.92 Å². The van der Waals surface area contributed by atoms with Crippen molar-refractivity contribution >= 4 is 0 Å². The molecular formula is C9H18. The van der Waals surface area contributed by atoms with E-state index < -0.39 is 0 Å². The zero-order valence-electron chi connectivity index (χ0n) is 7.07. The highest BCUT2D eigenvalue weighted by Crippen LogP contribution is 2.13. The largest absolute Gasteiger partial charge is 0.0854 e. The molecule has 0 N–H and O–H groups in total. The number of hydrogen-bond acceptors (Lipinski definition) is 0. The first-order chi connectivity index (χ1) is 4.22. The van der Waals surface area contributed by atoms with Gasteiger partial charge in [-0.1, -0.05) is 39.3 Å². The maximum atomic E-state index is 2.34. The van der Waals surface area contributed by atoms with Crippen LogP contribution in [0.4, 0.5) is 0 Å². The molecule has 0 aromatic rings. The van der Waals surface area contributed by atoms with Crippen molar-refractivity contribution in [1.82, 2.24) is 0 Å².